The van der Waals surface area contributed by atoms with Crippen molar-refractivity contribution in [2.75, 3.05) is 5.32 Å². The molecule has 1 N–H and O–H groups in total. The Labute approximate surface area is 125 Å². The molecule has 0 fully saturated rings. The van der Waals surface area contributed by atoms with E-state index < -0.39 is 0 Å². The summed E-state index contributed by atoms with van der Waals surface area (Å²) in [5.74, 6) is -0.545. The standard InChI is InChI=1S/C14H15BrFN3O/c1-8-4-12(16)11(15)6-13(8)17-14(20)7-19-10(3)5-9(2)18-19/h4-6H,7H2,1-3H3,(H,17,20). The molecule has 1 aromatic carbocycles. The zero-order valence-electron chi connectivity index (χ0n) is 11.5. The average molecular weight is 340 g/mol. The Morgan fingerprint density at radius 3 is 2.65 bits per heavy atom. The molecule has 0 atom stereocenters. The highest BCUT2D eigenvalue weighted by atomic mass is 79.9. The lowest BCUT2D eigenvalue weighted by atomic mass is 10.2. The largest absolute Gasteiger partial charge is 0.324 e. The summed E-state index contributed by atoms with van der Waals surface area (Å²) in [6, 6.07) is 4.85. The van der Waals surface area contributed by atoms with Gasteiger partial charge in [-0.3, -0.25) is 9.48 Å². The lowest BCUT2D eigenvalue weighted by Crippen LogP contribution is -2.20. The van der Waals surface area contributed by atoms with Gasteiger partial charge in [-0.2, -0.15) is 5.10 Å². The SMILES string of the molecule is Cc1cc(C)n(CC(=O)Nc2cc(Br)c(F)cc2C)n1. The minimum absolute atomic E-state index is 0.133. The molecular formula is C14H15BrFN3O. The number of benzene rings is 1. The van der Waals surface area contributed by atoms with Gasteiger partial charge >= 0.3 is 0 Å². The van der Waals surface area contributed by atoms with Crippen LogP contribution in [0.5, 0.6) is 0 Å². The number of aromatic nitrogens is 2. The number of aryl methyl sites for hydroxylation is 3. The molecule has 1 aromatic heterocycles. The van der Waals surface area contributed by atoms with Gasteiger partial charge in [0.15, 0.2) is 0 Å². The highest BCUT2D eigenvalue weighted by Gasteiger charge is 2.11. The number of carbonyl (C=O) groups excluding carboxylic acids is 1. The number of anilines is 1. The Morgan fingerprint density at radius 2 is 2.05 bits per heavy atom. The van der Waals surface area contributed by atoms with Gasteiger partial charge in [0, 0.05) is 11.4 Å². The molecule has 2 rings (SSSR count). The minimum atomic E-state index is -0.348. The van der Waals surface area contributed by atoms with Crippen molar-refractivity contribution >= 4 is 27.5 Å². The van der Waals surface area contributed by atoms with E-state index in [1.807, 2.05) is 19.9 Å². The summed E-state index contributed by atoms with van der Waals surface area (Å²) >= 11 is 3.11. The van der Waals surface area contributed by atoms with Gasteiger partial charge in [-0.25, -0.2) is 4.39 Å². The summed E-state index contributed by atoms with van der Waals surface area (Å²) in [6.07, 6.45) is 0. The molecule has 0 aliphatic heterocycles. The van der Waals surface area contributed by atoms with Crippen LogP contribution in [0.15, 0.2) is 22.7 Å². The maximum Gasteiger partial charge on any atom is 0.246 e. The summed E-state index contributed by atoms with van der Waals surface area (Å²) in [5.41, 5.74) is 3.06. The molecule has 0 aliphatic rings. The summed E-state index contributed by atoms with van der Waals surface area (Å²) in [4.78, 5) is 12.0. The Hall–Kier alpha value is -1.69. The molecule has 1 amide bonds. The van der Waals surface area contributed by atoms with Crippen LogP contribution in [0.25, 0.3) is 0 Å². The van der Waals surface area contributed by atoms with Gasteiger partial charge in [0.25, 0.3) is 0 Å². The predicted molar refractivity (Wildman–Crippen MR) is 79.2 cm³/mol. The van der Waals surface area contributed by atoms with Crippen molar-refractivity contribution in [2.45, 2.75) is 27.3 Å². The molecule has 1 heterocycles. The molecule has 4 nitrogen and oxygen atoms in total. The van der Waals surface area contributed by atoms with Crippen molar-refractivity contribution < 1.29 is 9.18 Å². The van der Waals surface area contributed by atoms with Crippen molar-refractivity contribution in [1.82, 2.24) is 9.78 Å². The van der Waals surface area contributed by atoms with Gasteiger partial charge in [0.1, 0.15) is 12.4 Å². The van der Waals surface area contributed by atoms with Crippen LogP contribution in [0.4, 0.5) is 10.1 Å². The van der Waals surface area contributed by atoms with Crippen molar-refractivity contribution in [3.63, 3.8) is 0 Å². The number of hydrogen-bond donors (Lipinski definition) is 1. The third-order valence-corrected chi connectivity index (χ3v) is 3.55. The van der Waals surface area contributed by atoms with E-state index in [1.165, 1.54) is 6.07 Å². The normalized spacial score (nSPS) is 10.7. The second-order valence-corrected chi connectivity index (χ2v) is 5.57. The molecule has 0 saturated heterocycles. The van der Waals surface area contributed by atoms with E-state index in [2.05, 4.69) is 26.3 Å². The summed E-state index contributed by atoms with van der Waals surface area (Å²) in [6.45, 7) is 5.65. The monoisotopic (exact) mass is 339 g/mol. The molecule has 0 bridgehead atoms. The predicted octanol–water partition coefficient (Wildman–Crippen LogP) is 3.35. The maximum atomic E-state index is 13.3. The Bertz CT molecular complexity index is 667. The van der Waals surface area contributed by atoms with Crippen LogP contribution >= 0.6 is 15.9 Å². The number of hydrogen-bond acceptors (Lipinski definition) is 2. The summed E-state index contributed by atoms with van der Waals surface area (Å²) in [5, 5.41) is 7.00. The van der Waals surface area contributed by atoms with E-state index >= 15 is 0 Å². The van der Waals surface area contributed by atoms with Crippen LogP contribution in [0.1, 0.15) is 17.0 Å². The van der Waals surface area contributed by atoms with E-state index in [1.54, 1.807) is 17.7 Å². The Morgan fingerprint density at radius 1 is 1.35 bits per heavy atom. The number of nitrogens with zero attached hydrogens (tertiary/aromatic N) is 2. The average Bonchev–Trinajstić information content (AvgIpc) is 2.64. The zero-order chi connectivity index (χ0) is 14.9. The fraction of sp³-hybridized carbons (Fsp3) is 0.286. The minimum Gasteiger partial charge on any atom is -0.324 e. The molecule has 6 heteroatoms. The van der Waals surface area contributed by atoms with E-state index in [-0.39, 0.29) is 18.3 Å². The van der Waals surface area contributed by atoms with Gasteiger partial charge < -0.3 is 5.32 Å². The van der Waals surface area contributed by atoms with E-state index in [4.69, 9.17) is 0 Å². The molecule has 0 radical (unpaired) electrons. The number of nitrogens with one attached hydrogen (secondary N) is 1. The molecular weight excluding hydrogens is 325 g/mol. The highest BCUT2D eigenvalue weighted by molar-refractivity contribution is 9.10. The second kappa shape index (κ2) is 5.75. The first kappa shape index (κ1) is 14.7. The molecule has 0 unspecified atom stereocenters. The third kappa shape index (κ3) is 3.25. The Kier molecular flexibility index (Phi) is 4.23. The fourth-order valence-electron chi connectivity index (χ4n) is 1.94. The van der Waals surface area contributed by atoms with Crippen LogP contribution in [0.3, 0.4) is 0 Å². The second-order valence-electron chi connectivity index (χ2n) is 4.71. The van der Waals surface area contributed by atoms with E-state index in [0.29, 0.717) is 15.7 Å². The molecule has 0 spiro atoms. The summed E-state index contributed by atoms with van der Waals surface area (Å²) < 4.78 is 15.3. The first-order chi connectivity index (χ1) is 9.36. The van der Waals surface area contributed by atoms with Gasteiger partial charge in [0.2, 0.25) is 5.91 Å². The zero-order valence-corrected chi connectivity index (χ0v) is 13.1. The molecule has 2 aromatic rings. The highest BCUT2D eigenvalue weighted by Crippen LogP contribution is 2.24. The third-order valence-electron chi connectivity index (χ3n) is 2.94. The number of rotatable bonds is 3. The lowest BCUT2D eigenvalue weighted by Gasteiger charge is -2.10. The van der Waals surface area contributed by atoms with Gasteiger partial charge in [-0.15, -0.1) is 0 Å². The fourth-order valence-corrected chi connectivity index (χ4v) is 2.29. The van der Waals surface area contributed by atoms with Crippen LogP contribution in [0.2, 0.25) is 0 Å². The van der Waals surface area contributed by atoms with Gasteiger partial charge in [0.05, 0.1) is 10.2 Å². The lowest BCUT2D eigenvalue weighted by molar-refractivity contribution is -0.116. The van der Waals surface area contributed by atoms with Crippen LogP contribution in [-0.4, -0.2) is 15.7 Å². The van der Waals surface area contributed by atoms with Crippen molar-refractivity contribution in [1.29, 1.82) is 0 Å². The molecule has 20 heavy (non-hydrogen) atoms. The number of halogens is 2. The summed E-state index contributed by atoms with van der Waals surface area (Å²) in [7, 11) is 0. The topological polar surface area (TPSA) is 46.9 Å². The van der Waals surface area contributed by atoms with E-state index in [9.17, 15) is 9.18 Å². The molecule has 0 saturated carbocycles. The smallest absolute Gasteiger partial charge is 0.246 e. The first-order valence-electron chi connectivity index (χ1n) is 6.13. The number of amides is 1. The van der Waals surface area contributed by atoms with Crippen molar-refractivity contribution in [3.8, 4) is 0 Å². The van der Waals surface area contributed by atoms with Gasteiger partial charge in [-0.1, -0.05) is 0 Å². The van der Waals surface area contributed by atoms with Crippen LogP contribution in [-0.2, 0) is 11.3 Å². The van der Waals surface area contributed by atoms with Gasteiger partial charge in [-0.05, 0) is 60.5 Å². The quantitative estimate of drug-likeness (QED) is 0.932. The molecule has 0 aliphatic carbocycles. The molecule has 106 valence electrons. The first-order valence-corrected chi connectivity index (χ1v) is 6.92. The maximum absolute atomic E-state index is 13.3. The van der Waals surface area contributed by atoms with Crippen molar-refractivity contribution in [3.05, 3.63) is 45.4 Å². The van der Waals surface area contributed by atoms with Crippen LogP contribution in [0, 0.1) is 26.6 Å². The van der Waals surface area contributed by atoms with E-state index in [0.717, 1.165) is 11.4 Å². The number of carbonyl (C=O) groups is 1. The Balaban J connectivity index is 2.12. The van der Waals surface area contributed by atoms with Crippen LogP contribution < -0.4 is 5.32 Å². The van der Waals surface area contributed by atoms with Crippen molar-refractivity contribution in [2.24, 2.45) is 0 Å².